The largest absolute Gasteiger partial charge is 0.462 e. The minimum Gasteiger partial charge on any atom is -0.462 e. The van der Waals surface area contributed by atoms with E-state index in [0.717, 1.165) is 0 Å². The zero-order valence-corrected chi connectivity index (χ0v) is 22.3. The van der Waals surface area contributed by atoms with E-state index >= 15 is 0 Å². The van der Waals surface area contributed by atoms with Crippen molar-refractivity contribution in [3.8, 4) is 0 Å². The summed E-state index contributed by atoms with van der Waals surface area (Å²) in [7, 11) is 0. The van der Waals surface area contributed by atoms with Crippen LogP contribution in [0.15, 0.2) is 24.3 Å². The maximum atomic E-state index is 12.9. The summed E-state index contributed by atoms with van der Waals surface area (Å²) in [6.45, 7) is 10.8. The summed E-state index contributed by atoms with van der Waals surface area (Å²) >= 11 is 6.84. The van der Waals surface area contributed by atoms with Gasteiger partial charge in [0.1, 0.15) is 29.3 Å². The zero-order chi connectivity index (χ0) is 27.5. The van der Waals surface area contributed by atoms with Crippen LogP contribution >= 0.6 is 11.6 Å². The lowest BCUT2D eigenvalue weighted by Crippen LogP contribution is -2.65. The Morgan fingerprint density at radius 2 is 1.78 bits per heavy atom. The molecule has 0 aromatic rings. The predicted octanol–water partition coefficient (Wildman–Crippen LogP) is 1.99. The monoisotopic (exact) mass is 540 g/mol. The minimum atomic E-state index is -1.62. The average molecular weight is 541 g/mol. The number of carbonyl (C=O) groups is 4. The van der Waals surface area contributed by atoms with Crippen LogP contribution in [0.4, 0.5) is 0 Å². The van der Waals surface area contributed by atoms with E-state index in [-0.39, 0.29) is 0 Å². The number of rotatable bonds is 4. The number of aliphatic hydroxyl groups is 1. The molecule has 3 fully saturated rings. The van der Waals surface area contributed by atoms with Gasteiger partial charge < -0.3 is 28.8 Å². The van der Waals surface area contributed by atoms with Gasteiger partial charge in [-0.05, 0) is 31.9 Å². The normalized spacial score (nSPS) is 45.3. The van der Waals surface area contributed by atoms with Crippen LogP contribution in [-0.4, -0.2) is 76.6 Å². The molecule has 204 valence electrons. The van der Waals surface area contributed by atoms with Gasteiger partial charge in [-0.2, -0.15) is 0 Å². The lowest BCUT2D eigenvalue weighted by molar-refractivity contribution is -0.226. The van der Waals surface area contributed by atoms with E-state index in [1.165, 1.54) is 26.8 Å². The van der Waals surface area contributed by atoms with Crippen LogP contribution < -0.4 is 0 Å². The van der Waals surface area contributed by atoms with E-state index in [9.17, 15) is 24.3 Å². The Hall–Kier alpha value is -2.43. The van der Waals surface area contributed by atoms with Crippen LogP contribution in [0, 0.1) is 17.3 Å². The number of ether oxygens (including phenoxy) is 5. The SMILES string of the molecule is C=C1CC[C@H](OC(C)=O)[C@@]2(C)[C@H]1[C@H](OC(C)=O)[C@@]13O[C@@](CO)(/C=C\[C@H]2OC(C)=O)[C@H](Cl)[C@@H]1OC(=O)[C@@H]3C. The second-order valence-corrected chi connectivity index (χ2v) is 11.1. The number of alkyl halides is 1. The topological polar surface area (TPSA) is 135 Å². The van der Waals surface area contributed by atoms with Crippen LogP contribution in [0.3, 0.4) is 0 Å². The maximum absolute atomic E-state index is 12.9. The first-order valence-corrected chi connectivity index (χ1v) is 12.7. The maximum Gasteiger partial charge on any atom is 0.312 e. The molecule has 0 radical (unpaired) electrons. The van der Waals surface area contributed by atoms with Crippen molar-refractivity contribution < 1.29 is 48.0 Å². The van der Waals surface area contributed by atoms with Crippen LogP contribution in [0.5, 0.6) is 0 Å². The first-order chi connectivity index (χ1) is 17.2. The van der Waals surface area contributed by atoms with Crippen molar-refractivity contribution in [3.63, 3.8) is 0 Å². The van der Waals surface area contributed by atoms with Gasteiger partial charge in [-0.15, -0.1) is 11.6 Å². The third-order valence-corrected chi connectivity index (χ3v) is 9.00. The van der Waals surface area contributed by atoms with Crippen LogP contribution in [0.25, 0.3) is 0 Å². The van der Waals surface area contributed by atoms with E-state index in [4.69, 9.17) is 35.3 Å². The molecule has 3 heterocycles. The molecular formula is C26H33ClO10. The van der Waals surface area contributed by atoms with Gasteiger partial charge in [-0.1, -0.05) is 19.1 Å². The molecule has 4 aliphatic rings. The highest BCUT2D eigenvalue weighted by Crippen LogP contribution is 2.61. The van der Waals surface area contributed by atoms with Gasteiger partial charge in [-0.3, -0.25) is 19.2 Å². The van der Waals surface area contributed by atoms with Gasteiger partial charge in [0.2, 0.25) is 0 Å². The number of hydrogen-bond acceptors (Lipinski definition) is 10. The van der Waals surface area contributed by atoms with Crippen molar-refractivity contribution in [2.45, 2.75) is 88.5 Å². The number of hydrogen-bond donors (Lipinski definition) is 1. The van der Waals surface area contributed by atoms with Crippen molar-refractivity contribution in [1.82, 2.24) is 0 Å². The third kappa shape index (κ3) is 3.99. The van der Waals surface area contributed by atoms with Gasteiger partial charge >= 0.3 is 23.9 Å². The zero-order valence-electron chi connectivity index (χ0n) is 21.5. The Kier molecular flexibility index (Phi) is 7.01. The second kappa shape index (κ2) is 9.39. The summed E-state index contributed by atoms with van der Waals surface area (Å²) in [4.78, 5) is 50.0. The lowest BCUT2D eigenvalue weighted by Gasteiger charge is -2.54. The van der Waals surface area contributed by atoms with Gasteiger partial charge in [0.05, 0.1) is 17.9 Å². The molecule has 10 nitrogen and oxygen atoms in total. The van der Waals surface area contributed by atoms with Crippen LogP contribution in [0.2, 0.25) is 0 Å². The third-order valence-electron chi connectivity index (χ3n) is 8.40. The van der Waals surface area contributed by atoms with E-state index in [0.29, 0.717) is 18.4 Å². The molecule has 3 aliphatic heterocycles. The molecule has 4 rings (SSSR count). The smallest absolute Gasteiger partial charge is 0.312 e. The molecule has 1 N–H and O–H groups in total. The molecule has 2 bridgehead atoms. The first-order valence-electron chi connectivity index (χ1n) is 12.3. The highest BCUT2D eigenvalue weighted by molar-refractivity contribution is 6.22. The first kappa shape index (κ1) is 27.6. The molecule has 37 heavy (non-hydrogen) atoms. The van der Waals surface area contributed by atoms with E-state index in [2.05, 4.69) is 6.58 Å². The summed E-state index contributed by atoms with van der Waals surface area (Å²) in [6, 6.07) is 0. The fourth-order valence-electron chi connectivity index (χ4n) is 6.70. The molecule has 2 saturated heterocycles. The Labute approximate surface area is 220 Å². The quantitative estimate of drug-likeness (QED) is 0.244. The molecule has 0 unspecified atom stereocenters. The molecule has 0 aromatic heterocycles. The molecule has 11 heteroatoms. The number of fused-ring (bicyclic) bond motifs is 2. The molecular weight excluding hydrogens is 508 g/mol. The van der Waals surface area contributed by atoms with Crippen molar-refractivity contribution in [2.75, 3.05) is 6.61 Å². The van der Waals surface area contributed by atoms with Gasteiger partial charge in [0, 0.05) is 26.7 Å². The minimum absolute atomic E-state index is 0.370. The Balaban J connectivity index is 2.06. The van der Waals surface area contributed by atoms with Crippen LogP contribution in [0.1, 0.15) is 47.5 Å². The van der Waals surface area contributed by atoms with Gasteiger partial charge in [0.15, 0.2) is 11.7 Å². The fourth-order valence-corrected chi connectivity index (χ4v) is 7.14. The van der Waals surface area contributed by atoms with Gasteiger partial charge in [-0.25, -0.2) is 0 Å². The number of carbonyl (C=O) groups excluding carboxylic acids is 4. The standard InChI is InChI=1S/C26H33ClO10/c1-12-7-8-17(33-14(3)29)24(6)18(34-15(4)30)9-10-25(11-28)20(27)22-26(37-25,13(2)23(32)36-22)21(19(12)24)35-16(5)31/h9-10,13,17-22,28H,1,7-8,11H2,2-6H3/b10-9-/t13-,17-,18+,19+,20+,21-,22-,24+,25+,26+/m0/s1. The number of halogens is 1. The second-order valence-electron chi connectivity index (χ2n) is 10.6. The fraction of sp³-hybridized carbons (Fsp3) is 0.692. The molecule has 1 saturated carbocycles. The Morgan fingerprint density at radius 1 is 1.16 bits per heavy atom. The summed E-state index contributed by atoms with van der Waals surface area (Å²) in [6.07, 6.45) is -0.320. The van der Waals surface area contributed by atoms with Crippen molar-refractivity contribution in [1.29, 1.82) is 0 Å². The molecule has 1 spiro atoms. The highest BCUT2D eigenvalue weighted by atomic mass is 35.5. The molecule has 1 aliphatic carbocycles. The Morgan fingerprint density at radius 3 is 2.35 bits per heavy atom. The van der Waals surface area contributed by atoms with Crippen LogP contribution in [-0.2, 0) is 42.9 Å². The van der Waals surface area contributed by atoms with E-state index < -0.39 is 88.7 Å². The summed E-state index contributed by atoms with van der Waals surface area (Å²) in [5, 5.41) is 9.46. The van der Waals surface area contributed by atoms with E-state index in [1.54, 1.807) is 19.9 Å². The molecule has 10 atom stereocenters. The lowest BCUT2D eigenvalue weighted by atomic mass is 9.55. The number of esters is 4. The summed E-state index contributed by atoms with van der Waals surface area (Å²) < 4.78 is 29.8. The molecule has 0 amide bonds. The molecule has 0 aromatic carbocycles. The predicted molar refractivity (Wildman–Crippen MR) is 128 cm³/mol. The Bertz CT molecular complexity index is 1060. The number of aliphatic hydroxyl groups excluding tert-OH is 1. The average Bonchev–Trinajstić information content (AvgIpc) is 3.21. The highest BCUT2D eigenvalue weighted by Gasteiger charge is 2.77. The van der Waals surface area contributed by atoms with Crippen molar-refractivity contribution in [2.24, 2.45) is 17.3 Å². The van der Waals surface area contributed by atoms with Crippen molar-refractivity contribution >= 4 is 35.5 Å². The summed E-state index contributed by atoms with van der Waals surface area (Å²) in [5.74, 6) is -4.20. The van der Waals surface area contributed by atoms with Crippen molar-refractivity contribution in [3.05, 3.63) is 24.3 Å². The summed E-state index contributed by atoms with van der Waals surface area (Å²) in [5.41, 5.74) is -3.79. The van der Waals surface area contributed by atoms with E-state index in [1.807, 2.05) is 0 Å². The van der Waals surface area contributed by atoms with Gasteiger partial charge in [0.25, 0.3) is 0 Å².